The summed E-state index contributed by atoms with van der Waals surface area (Å²) in [5.41, 5.74) is 3.56. The van der Waals surface area contributed by atoms with E-state index in [2.05, 4.69) is 0 Å². The van der Waals surface area contributed by atoms with Crippen LogP contribution in [0.4, 0.5) is 0 Å². The van der Waals surface area contributed by atoms with Crippen LogP contribution in [0.3, 0.4) is 0 Å². The summed E-state index contributed by atoms with van der Waals surface area (Å²) in [5, 5.41) is 5.10. The predicted octanol–water partition coefficient (Wildman–Crippen LogP) is 3.13. The van der Waals surface area contributed by atoms with E-state index in [1.807, 2.05) is 32.9 Å². The number of nitrogens with two attached hydrogens (primary N) is 1. The predicted molar refractivity (Wildman–Crippen MR) is 108 cm³/mol. The van der Waals surface area contributed by atoms with Crippen LogP contribution in [0.25, 0.3) is 0 Å². The number of carbonyl (C=O) groups excluding carboxylic acids is 2. The van der Waals surface area contributed by atoms with Gasteiger partial charge in [-0.25, -0.2) is 13.6 Å². The molecule has 0 fully saturated rings. The van der Waals surface area contributed by atoms with Crippen molar-refractivity contribution in [3.63, 3.8) is 0 Å². The van der Waals surface area contributed by atoms with Crippen LogP contribution in [-0.4, -0.2) is 32.1 Å². The summed E-state index contributed by atoms with van der Waals surface area (Å²) in [6.07, 6.45) is 0.255. The highest BCUT2D eigenvalue weighted by molar-refractivity contribution is 7.89. The zero-order valence-electron chi connectivity index (χ0n) is 16.6. The van der Waals surface area contributed by atoms with E-state index in [1.54, 1.807) is 30.1 Å². The Hall–Kier alpha value is -2.51. The van der Waals surface area contributed by atoms with Crippen molar-refractivity contribution in [2.45, 2.75) is 44.6 Å². The minimum atomic E-state index is -3.75. The van der Waals surface area contributed by atoms with Gasteiger partial charge in [-0.15, -0.1) is 0 Å². The van der Waals surface area contributed by atoms with E-state index in [1.165, 1.54) is 12.1 Å². The maximum Gasteiger partial charge on any atom is 0.238 e. The van der Waals surface area contributed by atoms with Gasteiger partial charge in [0.15, 0.2) is 5.78 Å². The van der Waals surface area contributed by atoms with Crippen molar-refractivity contribution in [3.05, 3.63) is 64.7 Å². The molecule has 2 N–H and O–H groups in total. The van der Waals surface area contributed by atoms with Gasteiger partial charge in [-0.05, 0) is 55.7 Å². The maximum atomic E-state index is 12.5. The molecule has 150 valence electrons. The third kappa shape index (κ3) is 5.27. The van der Waals surface area contributed by atoms with Gasteiger partial charge in [-0.3, -0.25) is 9.59 Å². The normalized spacial score (nSPS) is 12.5. The summed E-state index contributed by atoms with van der Waals surface area (Å²) in [4.78, 5) is 26.4. The summed E-state index contributed by atoms with van der Waals surface area (Å²) in [6.45, 7) is 5.78. The topological polar surface area (TPSA) is 97.5 Å². The van der Waals surface area contributed by atoms with E-state index in [0.29, 0.717) is 5.56 Å². The molecular weight excluding hydrogens is 376 g/mol. The van der Waals surface area contributed by atoms with Crippen molar-refractivity contribution >= 4 is 21.7 Å². The molecule has 28 heavy (non-hydrogen) atoms. The van der Waals surface area contributed by atoms with Crippen LogP contribution >= 0.6 is 0 Å². The van der Waals surface area contributed by atoms with Crippen LogP contribution < -0.4 is 5.14 Å². The molecule has 0 aliphatic heterocycles. The Kier molecular flexibility index (Phi) is 6.74. The lowest BCUT2D eigenvalue weighted by atomic mass is 10.0. The zero-order chi connectivity index (χ0) is 21.1. The number of primary sulfonamides is 1. The highest BCUT2D eigenvalue weighted by Crippen LogP contribution is 2.22. The Morgan fingerprint density at radius 2 is 1.61 bits per heavy atom. The number of ketones is 1. The molecule has 0 radical (unpaired) electrons. The lowest BCUT2D eigenvalue weighted by Gasteiger charge is -2.25. The van der Waals surface area contributed by atoms with Gasteiger partial charge in [-0.2, -0.15) is 0 Å². The molecule has 0 heterocycles. The van der Waals surface area contributed by atoms with E-state index in [0.717, 1.165) is 16.7 Å². The van der Waals surface area contributed by atoms with Gasteiger partial charge in [0.1, 0.15) is 0 Å². The van der Waals surface area contributed by atoms with Crippen molar-refractivity contribution in [1.82, 2.24) is 4.90 Å². The van der Waals surface area contributed by atoms with Crippen LogP contribution in [0.5, 0.6) is 0 Å². The van der Waals surface area contributed by atoms with E-state index < -0.39 is 10.0 Å². The summed E-state index contributed by atoms with van der Waals surface area (Å²) >= 11 is 0. The molecule has 0 aliphatic carbocycles. The van der Waals surface area contributed by atoms with Gasteiger partial charge >= 0.3 is 0 Å². The number of aryl methyl sites for hydroxylation is 2. The number of rotatable bonds is 7. The Bertz CT molecular complexity index is 982. The van der Waals surface area contributed by atoms with E-state index in [4.69, 9.17) is 5.14 Å². The van der Waals surface area contributed by atoms with Gasteiger partial charge in [-0.1, -0.05) is 24.3 Å². The van der Waals surface area contributed by atoms with E-state index in [-0.39, 0.29) is 35.5 Å². The van der Waals surface area contributed by atoms with Gasteiger partial charge < -0.3 is 4.90 Å². The molecule has 1 amide bonds. The summed E-state index contributed by atoms with van der Waals surface area (Å²) in [5.74, 6) is -0.213. The fourth-order valence-electron chi connectivity index (χ4n) is 2.83. The molecule has 2 rings (SSSR count). The Morgan fingerprint density at radius 3 is 2.14 bits per heavy atom. The summed E-state index contributed by atoms with van der Waals surface area (Å²) in [6, 6.07) is 11.4. The molecule has 0 saturated carbocycles. The first-order valence-corrected chi connectivity index (χ1v) is 10.5. The van der Waals surface area contributed by atoms with Crippen molar-refractivity contribution in [1.29, 1.82) is 0 Å². The van der Waals surface area contributed by atoms with Crippen LogP contribution in [0, 0.1) is 13.8 Å². The molecular formula is C21H26N2O4S. The number of carbonyl (C=O) groups is 2. The number of sulfonamides is 1. The first-order valence-electron chi connectivity index (χ1n) is 8.99. The van der Waals surface area contributed by atoms with Crippen LogP contribution in [0.1, 0.15) is 52.9 Å². The molecule has 6 nitrogen and oxygen atoms in total. The van der Waals surface area contributed by atoms with E-state index >= 15 is 0 Å². The standard InChI is InChI=1S/C21H26N2O4S/c1-14-5-6-18(13-15(14)2)20(24)11-12-21(25)23(4)16(3)17-7-9-19(10-8-17)28(22,26)27/h5-10,13,16H,11-12H2,1-4H3,(H2,22,26,27). The van der Waals surface area contributed by atoms with Crippen molar-refractivity contribution in [2.24, 2.45) is 5.14 Å². The third-order valence-electron chi connectivity index (χ3n) is 5.06. The van der Waals surface area contributed by atoms with Gasteiger partial charge in [0, 0.05) is 25.5 Å². The molecule has 0 bridgehead atoms. The lowest BCUT2D eigenvalue weighted by molar-refractivity contribution is -0.131. The molecule has 2 aromatic carbocycles. The molecule has 1 unspecified atom stereocenters. The maximum absolute atomic E-state index is 12.5. The molecule has 1 atom stereocenters. The van der Waals surface area contributed by atoms with Gasteiger partial charge in [0.2, 0.25) is 15.9 Å². The Balaban J connectivity index is 1.99. The number of nitrogens with zero attached hydrogens (tertiary/aromatic N) is 1. The number of benzene rings is 2. The van der Waals surface area contributed by atoms with E-state index in [9.17, 15) is 18.0 Å². The fraction of sp³-hybridized carbons (Fsp3) is 0.333. The molecule has 7 heteroatoms. The Labute approximate surface area is 166 Å². The first-order chi connectivity index (χ1) is 13.0. The SMILES string of the molecule is Cc1ccc(C(=O)CCC(=O)N(C)C(C)c2ccc(S(N)(=O)=O)cc2)cc1C. The van der Waals surface area contributed by atoms with Crippen molar-refractivity contribution in [2.75, 3.05) is 7.05 Å². The minimum Gasteiger partial charge on any atom is -0.339 e. The summed E-state index contributed by atoms with van der Waals surface area (Å²) < 4.78 is 22.7. The number of hydrogen-bond acceptors (Lipinski definition) is 4. The highest BCUT2D eigenvalue weighted by atomic mass is 32.2. The summed E-state index contributed by atoms with van der Waals surface area (Å²) in [7, 11) is -2.08. The Morgan fingerprint density at radius 1 is 1.00 bits per heavy atom. The first kappa shape index (κ1) is 21.8. The zero-order valence-corrected chi connectivity index (χ0v) is 17.4. The van der Waals surface area contributed by atoms with Crippen LogP contribution in [0.15, 0.2) is 47.4 Å². The molecule has 0 aromatic heterocycles. The second-order valence-electron chi connectivity index (χ2n) is 7.02. The van der Waals surface area contributed by atoms with Crippen molar-refractivity contribution in [3.8, 4) is 0 Å². The third-order valence-corrected chi connectivity index (χ3v) is 5.99. The fourth-order valence-corrected chi connectivity index (χ4v) is 3.35. The molecule has 0 spiro atoms. The molecule has 2 aromatic rings. The lowest BCUT2D eigenvalue weighted by Crippen LogP contribution is -2.30. The van der Waals surface area contributed by atoms with Gasteiger partial charge in [0.25, 0.3) is 0 Å². The number of hydrogen-bond donors (Lipinski definition) is 1. The molecule has 0 aliphatic rings. The molecule has 0 saturated heterocycles. The second-order valence-corrected chi connectivity index (χ2v) is 8.58. The van der Waals surface area contributed by atoms with Crippen LogP contribution in [-0.2, 0) is 14.8 Å². The average Bonchev–Trinajstić information content (AvgIpc) is 2.66. The van der Waals surface area contributed by atoms with Gasteiger partial charge in [0.05, 0.1) is 10.9 Å². The van der Waals surface area contributed by atoms with Crippen LogP contribution in [0.2, 0.25) is 0 Å². The second kappa shape index (κ2) is 8.67. The quantitative estimate of drug-likeness (QED) is 0.720. The minimum absolute atomic E-state index is 0.0245. The monoisotopic (exact) mass is 402 g/mol. The largest absolute Gasteiger partial charge is 0.339 e. The average molecular weight is 403 g/mol. The van der Waals surface area contributed by atoms with Crippen molar-refractivity contribution < 1.29 is 18.0 Å². The number of Topliss-reactive ketones (excluding diaryl/α,β-unsaturated/α-hetero) is 1. The number of amides is 1. The smallest absolute Gasteiger partial charge is 0.238 e. The highest BCUT2D eigenvalue weighted by Gasteiger charge is 2.19.